The molecule has 0 saturated carbocycles. The summed E-state index contributed by atoms with van der Waals surface area (Å²) in [6.45, 7) is 1.76. The van der Waals surface area contributed by atoms with Crippen LogP contribution in [0, 0.1) is 0 Å². The number of aromatic nitrogens is 3. The van der Waals surface area contributed by atoms with Crippen molar-refractivity contribution in [2.45, 2.75) is 24.0 Å². The summed E-state index contributed by atoms with van der Waals surface area (Å²) in [7, 11) is -1.26. The lowest BCUT2D eigenvalue weighted by atomic mass is 10.0. The molecule has 1 aliphatic heterocycles. The van der Waals surface area contributed by atoms with E-state index in [4.69, 9.17) is 11.6 Å². The highest BCUT2D eigenvalue weighted by atomic mass is 35.5. The second-order valence-electron chi connectivity index (χ2n) is 6.58. The van der Waals surface area contributed by atoms with Crippen LogP contribution in [-0.2, 0) is 21.7 Å². The van der Waals surface area contributed by atoms with Crippen LogP contribution >= 0.6 is 23.4 Å². The number of benzene rings is 1. The lowest BCUT2D eigenvalue weighted by molar-refractivity contribution is -0.120. The average Bonchev–Trinajstić information content (AvgIpc) is 3.05. The van der Waals surface area contributed by atoms with Gasteiger partial charge in [0.1, 0.15) is 0 Å². The van der Waals surface area contributed by atoms with Gasteiger partial charge >= 0.3 is 0 Å². The van der Waals surface area contributed by atoms with E-state index in [2.05, 4.69) is 15.5 Å². The van der Waals surface area contributed by atoms with Crippen LogP contribution in [0.25, 0.3) is 11.4 Å². The number of thioether (sulfide) groups is 1. The molecule has 2 heterocycles. The van der Waals surface area contributed by atoms with E-state index in [1.165, 1.54) is 11.8 Å². The lowest BCUT2D eigenvalue weighted by Gasteiger charge is -2.23. The summed E-state index contributed by atoms with van der Waals surface area (Å²) in [4.78, 5) is 12.2. The maximum Gasteiger partial charge on any atom is 0.230 e. The van der Waals surface area contributed by atoms with Gasteiger partial charge in [0.2, 0.25) is 5.91 Å². The Kier molecular flexibility index (Phi) is 5.32. The molecule has 1 fully saturated rings. The molecule has 0 aliphatic carbocycles. The van der Waals surface area contributed by atoms with Crippen LogP contribution in [0.5, 0.6) is 0 Å². The average molecular weight is 415 g/mol. The molecule has 0 bridgehead atoms. The molecule has 1 aromatic heterocycles. The number of carbonyl (C=O) groups is 1. The highest BCUT2D eigenvalue weighted by molar-refractivity contribution is 7.99. The monoisotopic (exact) mass is 414 g/mol. The number of halogens is 1. The third-order valence-electron chi connectivity index (χ3n) is 4.23. The van der Waals surface area contributed by atoms with Gasteiger partial charge in [-0.2, -0.15) is 0 Å². The Morgan fingerprint density at radius 2 is 2.12 bits per heavy atom. The van der Waals surface area contributed by atoms with Crippen molar-refractivity contribution >= 4 is 39.1 Å². The molecule has 1 N–H and O–H groups in total. The van der Waals surface area contributed by atoms with Crippen molar-refractivity contribution in [3.8, 4) is 11.4 Å². The van der Waals surface area contributed by atoms with Crippen LogP contribution in [0.4, 0.5) is 0 Å². The molecule has 0 unspecified atom stereocenters. The topological polar surface area (TPSA) is 94.0 Å². The zero-order chi connectivity index (χ0) is 18.9. The number of amides is 1. The van der Waals surface area contributed by atoms with Crippen LogP contribution in [0.2, 0.25) is 5.02 Å². The highest BCUT2D eigenvalue weighted by Gasteiger charge is 2.39. The molecule has 140 valence electrons. The summed E-state index contributed by atoms with van der Waals surface area (Å²) in [5, 5.41) is 12.3. The fourth-order valence-electron chi connectivity index (χ4n) is 2.93. The minimum absolute atomic E-state index is 0.0168. The molecular formula is C16H19ClN4O3S2. The van der Waals surface area contributed by atoms with Crippen LogP contribution in [-0.4, -0.2) is 51.9 Å². The molecule has 0 spiro atoms. The van der Waals surface area contributed by atoms with Gasteiger partial charge in [-0.25, -0.2) is 8.42 Å². The van der Waals surface area contributed by atoms with E-state index >= 15 is 0 Å². The van der Waals surface area contributed by atoms with Gasteiger partial charge in [0.05, 0.1) is 27.8 Å². The smallest absolute Gasteiger partial charge is 0.230 e. The van der Waals surface area contributed by atoms with Crippen molar-refractivity contribution in [3.63, 3.8) is 0 Å². The summed E-state index contributed by atoms with van der Waals surface area (Å²) >= 11 is 7.44. The highest BCUT2D eigenvalue weighted by Crippen LogP contribution is 2.28. The molecule has 10 heteroatoms. The van der Waals surface area contributed by atoms with E-state index in [9.17, 15) is 13.2 Å². The fourth-order valence-corrected chi connectivity index (χ4v) is 5.95. The molecule has 0 radical (unpaired) electrons. The molecule has 1 aliphatic rings. The van der Waals surface area contributed by atoms with E-state index in [0.29, 0.717) is 22.4 Å². The Morgan fingerprint density at radius 1 is 1.38 bits per heavy atom. The predicted octanol–water partition coefficient (Wildman–Crippen LogP) is 1.92. The molecule has 7 nitrogen and oxygen atoms in total. The first-order chi connectivity index (χ1) is 12.2. The number of carbonyl (C=O) groups excluding carboxylic acids is 1. The Balaban J connectivity index is 1.64. The third kappa shape index (κ3) is 4.21. The first-order valence-electron chi connectivity index (χ1n) is 7.98. The van der Waals surface area contributed by atoms with E-state index in [1.807, 2.05) is 25.2 Å². The van der Waals surface area contributed by atoms with Gasteiger partial charge in [-0.15, -0.1) is 10.2 Å². The summed E-state index contributed by atoms with van der Waals surface area (Å²) < 4.78 is 25.0. The molecule has 26 heavy (non-hydrogen) atoms. The number of nitrogens with one attached hydrogen (secondary N) is 1. The predicted molar refractivity (Wildman–Crippen MR) is 102 cm³/mol. The lowest BCUT2D eigenvalue weighted by Crippen LogP contribution is -2.47. The molecule has 2 aromatic rings. The Hall–Kier alpha value is -1.58. The van der Waals surface area contributed by atoms with Gasteiger partial charge in [-0.1, -0.05) is 35.5 Å². The number of sulfone groups is 1. The number of rotatable bonds is 5. The summed E-state index contributed by atoms with van der Waals surface area (Å²) in [5.74, 6) is 0.618. The molecule has 1 aromatic carbocycles. The van der Waals surface area contributed by atoms with Gasteiger partial charge in [0.25, 0.3) is 0 Å². The van der Waals surface area contributed by atoms with Crippen LogP contribution in [0.1, 0.15) is 13.3 Å². The Morgan fingerprint density at radius 3 is 2.77 bits per heavy atom. The fraction of sp³-hybridized carbons (Fsp3) is 0.438. The summed E-state index contributed by atoms with van der Waals surface area (Å²) in [6.07, 6.45) is 0.437. The van der Waals surface area contributed by atoms with Gasteiger partial charge < -0.3 is 9.88 Å². The number of hydrogen-bond donors (Lipinski definition) is 1. The zero-order valence-electron chi connectivity index (χ0n) is 14.4. The minimum atomic E-state index is -3.07. The molecule has 1 saturated heterocycles. The quantitative estimate of drug-likeness (QED) is 0.751. The normalized spacial score (nSPS) is 21.7. The van der Waals surface area contributed by atoms with Crippen LogP contribution < -0.4 is 5.32 Å². The summed E-state index contributed by atoms with van der Waals surface area (Å²) in [6, 6.07) is 7.34. The minimum Gasteiger partial charge on any atom is -0.349 e. The van der Waals surface area contributed by atoms with Crippen molar-refractivity contribution in [2.75, 3.05) is 17.3 Å². The van der Waals surface area contributed by atoms with Crippen LogP contribution in [0.15, 0.2) is 29.4 Å². The van der Waals surface area contributed by atoms with Gasteiger partial charge in [0.15, 0.2) is 20.8 Å². The molecule has 1 atom stereocenters. The van der Waals surface area contributed by atoms with Gasteiger partial charge in [-0.05, 0) is 25.5 Å². The van der Waals surface area contributed by atoms with Crippen molar-refractivity contribution in [1.29, 1.82) is 0 Å². The Bertz CT molecular complexity index is 945. The number of nitrogens with zero attached hydrogens (tertiary/aromatic N) is 3. The first kappa shape index (κ1) is 19.2. The van der Waals surface area contributed by atoms with E-state index in [-0.39, 0.29) is 23.2 Å². The van der Waals surface area contributed by atoms with Crippen molar-refractivity contribution in [3.05, 3.63) is 29.3 Å². The molecule has 3 rings (SSSR count). The Labute approximate surface area is 161 Å². The van der Waals surface area contributed by atoms with Crippen LogP contribution in [0.3, 0.4) is 0 Å². The molecule has 1 amide bonds. The van der Waals surface area contributed by atoms with Crippen molar-refractivity contribution in [2.24, 2.45) is 7.05 Å². The largest absolute Gasteiger partial charge is 0.349 e. The van der Waals surface area contributed by atoms with Crippen molar-refractivity contribution < 1.29 is 13.2 Å². The maximum atomic E-state index is 12.2. The zero-order valence-corrected chi connectivity index (χ0v) is 16.8. The third-order valence-corrected chi connectivity index (χ3v) is 7.48. The maximum absolute atomic E-state index is 12.2. The summed E-state index contributed by atoms with van der Waals surface area (Å²) in [5.41, 5.74) is 0.0724. The van der Waals surface area contributed by atoms with Gasteiger partial charge in [-0.3, -0.25) is 4.79 Å². The second-order valence-corrected chi connectivity index (χ2v) is 10.1. The first-order valence-corrected chi connectivity index (χ1v) is 11.2. The van der Waals surface area contributed by atoms with E-state index in [0.717, 1.165) is 5.56 Å². The number of hydrogen-bond acceptors (Lipinski definition) is 6. The van der Waals surface area contributed by atoms with Gasteiger partial charge in [0, 0.05) is 12.6 Å². The van der Waals surface area contributed by atoms with E-state index in [1.54, 1.807) is 17.6 Å². The van der Waals surface area contributed by atoms with Crippen molar-refractivity contribution in [1.82, 2.24) is 20.1 Å². The second kappa shape index (κ2) is 7.21. The standard InChI is InChI=1S/C16H19ClN4O3S2/c1-16(7-8-26(23,24)10-16)18-13(22)9-25-15-20-19-14(21(15)2)11-5-3-4-6-12(11)17/h3-6H,7-10H2,1-2H3,(H,18,22)/t16-/m0/s1. The molecular weight excluding hydrogens is 396 g/mol. The SMILES string of the molecule is Cn1c(SCC(=O)N[C@@]2(C)CCS(=O)(=O)C2)nnc1-c1ccccc1Cl. The van der Waals surface area contributed by atoms with E-state index < -0.39 is 15.4 Å².